The number of aromatic amines is 1. The third-order valence-electron chi connectivity index (χ3n) is 6.09. The molecule has 0 saturated carbocycles. The smallest absolute Gasteiger partial charge is 0.251 e. The van der Waals surface area contributed by atoms with Crippen LogP contribution in [0.1, 0.15) is 36.8 Å². The van der Waals surface area contributed by atoms with E-state index in [4.69, 9.17) is 4.74 Å². The number of aromatic nitrogens is 1. The average Bonchev–Trinajstić information content (AvgIpc) is 2.95. The van der Waals surface area contributed by atoms with Crippen LogP contribution in [0.5, 0.6) is 0 Å². The quantitative estimate of drug-likeness (QED) is 0.880. The molecule has 150 valence electrons. The molecule has 28 heavy (non-hydrogen) atoms. The first-order chi connectivity index (χ1) is 13.7. The summed E-state index contributed by atoms with van der Waals surface area (Å²) in [5, 5.41) is 0. The zero-order chi connectivity index (χ0) is 19.3. The third kappa shape index (κ3) is 4.41. The summed E-state index contributed by atoms with van der Waals surface area (Å²) in [5.74, 6) is 0.967. The van der Waals surface area contributed by atoms with Crippen LogP contribution in [-0.4, -0.2) is 43.9 Å². The van der Waals surface area contributed by atoms with Crippen LogP contribution < -0.4 is 15.4 Å². The van der Waals surface area contributed by atoms with Crippen LogP contribution in [0.15, 0.2) is 41.2 Å². The predicted octanol–water partition coefficient (Wildman–Crippen LogP) is 3.51. The van der Waals surface area contributed by atoms with Crippen LogP contribution in [0.3, 0.4) is 0 Å². The van der Waals surface area contributed by atoms with Gasteiger partial charge in [-0.1, -0.05) is 37.1 Å². The largest absolute Gasteiger partial charge is 0.378 e. The monoisotopic (exact) mass is 381 g/mol. The van der Waals surface area contributed by atoms with Crippen molar-refractivity contribution < 1.29 is 4.74 Å². The fourth-order valence-electron chi connectivity index (χ4n) is 4.47. The molecule has 1 aromatic carbocycles. The zero-order valence-corrected chi connectivity index (χ0v) is 16.8. The van der Waals surface area contributed by atoms with E-state index >= 15 is 0 Å². The maximum Gasteiger partial charge on any atom is 0.251 e. The zero-order valence-electron chi connectivity index (χ0n) is 16.8. The number of anilines is 2. The van der Waals surface area contributed by atoms with E-state index in [2.05, 4.69) is 52.0 Å². The second-order valence-electron chi connectivity index (χ2n) is 8.01. The van der Waals surface area contributed by atoms with Gasteiger partial charge in [-0.15, -0.1) is 0 Å². The third-order valence-corrected chi connectivity index (χ3v) is 6.09. The minimum atomic E-state index is -0.0159. The molecular formula is C23H31N3O2. The van der Waals surface area contributed by atoms with Crippen LogP contribution in [0.25, 0.3) is 0 Å². The van der Waals surface area contributed by atoms with Crippen LogP contribution in [0.2, 0.25) is 0 Å². The van der Waals surface area contributed by atoms with Crippen molar-refractivity contribution in [3.05, 3.63) is 57.9 Å². The van der Waals surface area contributed by atoms with Crippen molar-refractivity contribution in [2.24, 2.45) is 0 Å². The van der Waals surface area contributed by atoms with Crippen LogP contribution >= 0.6 is 0 Å². The van der Waals surface area contributed by atoms with E-state index in [9.17, 15) is 4.79 Å². The maximum absolute atomic E-state index is 12.5. The van der Waals surface area contributed by atoms with Gasteiger partial charge in [0.05, 0.1) is 13.2 Å². The van der Waals surface area contributed by atoms with E-state index < -0.39 is 0 Å². The Morgan fingerprint density at radius 2 is 1.89 bits per heavy atom. The number of benzene rings is 1. The Kier molecular flexibility index (Phi) is 6.01. The van der Waals surface area contributed by atoms with Crippen molar-refractivity contribution in [1.82, 2.24) is 4.98 Å². The minimum absolute atomic E-state index is 0.0159. The molecule has 2 aliphatic rings. The number of pyridine rings is 1. The number of ether oxygens (including phenoxy) is 1. The lowest BCUT2D eigenvalue weighted by Crippen LogP contribution is -2.39. The van der Waals surface area contributed by atoms with Gasteiger partial charge in [0.15, 0.2) is 0 Å². The van der Waals surface area contributed by atoms with Gasteiger partial charge >= 0.3 is 0 Å². The van der Waals surface area contributed by atoms with Crippen molar-refractivity contribution in [2.45, 2.75) is 45.1 Å². The molecule has 2 aromatic rings. The van der Waals surface area contributed by atoms with Gasteiger partial charge in [0.2, 0.25) is 0 Å². The highest BCUT2D eigenvalue weighted by molar-refractivity contribution is 5.56. The first-order valence-corrected chi connectivity index (χ1v) is 10.6. The molecule has 2 saturated heterocycles. The molecule has 5 heteroatoms. The summed E-state index contributed by atoms with van der Waals surface area (Å²) in [5.41, 5.74) is 3.76. The van der Waals surface area contributed by atoms with Gasteiger partial charge in [0, 0.05) is 43.5 Å². The molecule has 5 nitrogen and oxygen atoms in total. The SMILES string of the molecule is Cc1ccccc1CC1CCCCCN1c1cc(N2CCOCC2)cc(=O)[nH]1. The van der Waals surface area contributed by atoms with Crippen molar-refractivity contribution in [2.75, 3.05) is 42.6 Å². The highest BCUT2D eigenvalue weighted by Gasteiger charge is 2.24. The Bertz CT molecular complexity index is 842. The summed E-state index contributed by atoms with van der Waals surface area (Å²) in [6, 6.07) is 13.0. The number of hydrogen-bond acceptors (Lipinski definition) is 4. The van der Waals surface area contributed by atoms with E-state index in [1.807, 2.05) is 0 Å². The first-order valence-electron chi connectivity index (χ1n) is 10.6. The van der Waals surface area contributed by atoms with Crippen molar-refractivity contribution in [3.63, 3.8) is 0 Å². The molecule has 1 unspecified atom stereocenters. The van der Waals surface area contributed by atoms with E-state index in [0.29, 0.717) is 6.04 Å². The Morgan fingerprint density at radius 3 is 2.71 bits per heavy atom. The number of hydrogen-bond donors (Lipinski definition) is 1. The van der Waals surface area contributed by atoms with Gasteiger partial charge in [-0.3, -0.25) is 4.79 Å². The summed E-state index contributed by atoms with van der Waals surface area (Å²) in [6.45, 7) is 6.32. The summed E-state index contributed by atoms with van der Waals surface area (Å²) < 4.78 is 5.47. The fourth-order valence-corrected chi connectivity index (χ4v) is 4.47. The molecule has 0 spiro atoms. The molecule has 1 atom stereocenters. The molecule has 0 bridgehead atoms. The van der Waals surface area contributed by atoms with Gasteiger partial charge in [-0.2, -0.15) is 0 Å². The Labute approximate surface area is 167 Å². The molecule has 1 N–H and O–H groups in total. The van der Waals surface area contributed by atoms with Crippen molar-refractivity contribution >= 4 is 11.5 Å². The molecule has 0 aliphatic carbocycles. The van der Waals surface area contributed by atoms with Crippen LogP contribution in [0.4, 0.5) is 11.5 Å². The minimum Gasteiger partial charge on any atom is -0.378 e. The first kappa shape index (κ1) is 19.1. The van der Waals surface area contributed by atoms with Gasteiger partial charge < -0.3 is 19.5 Å². The van der Waals surface area contributed by atoms with E-state index in [1.54, 1.807) is 6.07 Å². The Hall–Kier alpha value is -2.27. The standard InChI is InChI=1S/C23H31N3O2/c1-18-7-4-5-8-19(18)15-20-9-3-2-6-10-26(20)22-16-21(17-23(27)24-22)25-11-13-28-14-12-25/h4-5,7-8,16-17,20H,2-3,6,9-15H2,1H3,(H,24,27). The number of rotatable bonds is 4. The highest BCUT2D eigenvalue weighted by Crippen LogP contribution is 2.28. The van der Waals surface area contributed by atoms with Crippen LogP contribution in [-0.2, 0) is 11.2 Å². The van der Waals surface area contributed by atoms with Gasteiger partial charge in [0.1, 0.15) is 5.82 Å². The number of nitrogens with zero attached hydrogens (tertiary/aromatic N) is 2. The summed E-state index contributed by atoms with van der Waals surface area (Å²) in [4.78, 5) is 20.3. The topological polar surface area (TPSA) is 48.6 Å². The predicted molar refractivity (Wildman–Crippen MR) is 115 cm³/mol. The summed E-state index contributed by atoms with van der Waals surface area (Å²) >= 11 is 0. The highest BCUT2D eigenvalue weighted by atomic mass is 16.5. The van der Waals surface area contributed by atoms with E-state index in [1.165, 1.54) is 30.4 Å². The van der Waals surface area contributed by atoms with Gasteiger partial charge in [0.25, 0.3) is 5.56 Å². The Morgan fingerprint density at radius 1 is 1.07 bits per heavy atom. The number of H-pyrrole nitrogens is 1. The Balaban J connectivity index is 1.63. The van der Waals surface area contributed by atoms with Crippen molar-refractivity contribution in [3.8, 4) is 0 Å². The van der Waals surface area contributed by atoms with Gasteiger partial charge in [-0.05, 0) is 37.3 Å². The second kappa shape index (κ2) is 8.82. The molecular weight excluding hydrogens is 350 g/mol. The maximum atomic E-state index is 12.5. The molecule has 0 amide bonds. The lowest BCUT2D eigenvalue weighted by atomic mass is 9.97. The summed E-state index contributed by atoms with van der Waals surface area (Å²) in [6.07, 6.45) is 5.87. The average molecular weight is 382 g/mol. The summed E-state index contributed by atoms with van der Waals surface area (Å²) in [7, 11) is 0. The normalized spacial score (nSPS) is 20.8. The number of morpholine rings is 1. The van der Waals surface area contributed by atoms with Crippen LogP contribution in [0, 0.1) is 6.92 Å². The van der Waals surface area contributed by atoms with Gasteiger partial charge in [-0.25, -0.2) is 0 Å². The fraction of sp³-hybridized carbons (Fsp3) is 0.522. The van der Waals surface area contributed by atoms with Crippen molar-refractivity contribution in [1.29, 1.82) is 0 Å². The van der Waals surface area contributed by atoms with E-state index in [-0.39, 0.29) is 5.56 Å². The number of aryl methyl sites for hydroxylation is 1. The second-order valence-corrected chi connectivity index (χ2v) is 8.01. The molecule has 4 rings (SSSR count). The lowest BCUT2D eigenvalue weighted by molar-refractivity contribution is 0.122. The molecule has 1 aromatic heterocycles. The number of nitrogens with one attached hydrogen (secondary N) is 1. The molecule has 3 heterocycles. The van der Waals surface area contributed by atoms with E-state index in [0.717, 1.165) is 57.2 Å². The molecule has 0 radical (unpaired) electrons. The lowest BCUT2D eigenvalue weighted by Gasteiger charge is -2.34. The molecule has 2 fully saturated rings. The molecule has 2 aliphatic heterocycles.